The highest BCUT2D eigenvalue weighted by Crippen LogP contribution is 2.16. The summed E-state index contributed by atoms with van der Waals surface area (Å²) in [5.41, 5.74) is 2.34. The summed E-state index contributed by atoms with van der Waals surface area (Å²) in [6.07, 6.45) is 3.57. The number of H-pyrrole nitrogens is 1. The maximum Gasteiger partial charge on any atom is 0.332 e. The minimum absolute atomic E-state index is 0.151. The van der Waals surface area contributed by atoms with Gasteiger partial charge in [0.15, 0.2) is 0 Å². The van der Waals surface area contributed by atoms with Crippen LogP contribution in [0.4, 0.5) is 0 Å². The van der Waals surface area contributed by atoms with Crippen LogP contribution in [0.3, 0.4) is 0 Å². The van der Waals surface area contributed by atoms with Crippen molar-refractivity contribution in [3.8, 4) is 5.82 Å². The lowest BCUT2D eigenvalue weighted by Crippen LogP contribution is -2.17. The van der Waals surface area contributed by atoms with Gasteiger partial charge in [0.1, 0.15) is 11.5 Å². The fraction of sp³-hybridized carbons (Fsp3) is 0. The van der Waals surface area contributed by atoms with Crippen molar-refractivity contribution in [2.45, 2.75) is 0 Å². The summed E-state index contributed by atoms with van der Waals surface area (Å²) >= 11 is 0. The van der Waals surface area contributed by atoms with Crippen molar-refractivity contribution in [1.82, 2.24) is 18.9 Å². The molecule has 1 aromatic carbocycles. The third-order valence-corrected chi connectivity index (χ3v) is 3.23. The van der Waals surface area contributed by atoms with E-state index >= 15 is 0 Å². The van der Waals surface area contributed by atoms with Gasteiger partial charge in [-0.25, -0.2) is 14.3 Å². The monoisotopic (exact) mass is 250 g/mol. The molecule has 4 aromatic rings. The first-order valence-electron chi connectivity index (χ1n) is 5.97. The fourth-order valence-corrected chi connectivity index (χ4v) is 2.40. The Morgan fingerprint density at radius 1 is 1.05 bits per heavy atom. The summed E-state index contributed by atoms with van der Waals surface area (Å²) in [6, 6.07) is 13.3. The average Bonchev–Trinajstić information content (AvgIpc) is 3.01. The SMILES string of the molecule is O=c1[nH]c2ccccc2n1-c1cccc2nccn12. The van der Waals surface area contributed by atoms with Gasteiger partial charge in [0, 0.05) is 12.4 Å². The maximum atomic E-state index is 12.2. The predicted molar refractivity (Wildman–Crippen MR) is 72.6 cm³/mol. The van der Waals surface area contributed by atoms with Gasteiger partial charge in [-0.2, -0.15) is 0 Å². The predicted octanol–water partition coefficient (Wildman–Crippen LogP) is 1.97. The first kappa shape index (κ1) is 10.1. The fourth-order valence-electron chi connectivity index (χ4n) is 2.40. The number of nitrogens with zero attached hydrogens (tertiary/aromatic N) is 3. The molecule has 3 heterocycles. The Hall–Kier alpha value is -2.82. The minimum Gasteiger partial charge on any atom is -0.305 e. The van der Waals surface area contributed by atoms with Crippen LogP contribution in [-0.2, 0) is 0 Å². The molecule has 0 amide bonds. The second kappa shape index (κ2) is 3.58. The van der Waals surface area contributed by atoms with Gasteiger partial charge in [-0.1, -0.05) is 18.2 Å². The number of fused-ring (bicyclic) bond motifs is 2. The lowest BCUT2D eigenvalue weighted by molar-refractivity contribution is 0.936. The molecule has 5 nitrogen and oxygen atoms in total. The van der Waals surface area contributed by atoms with Gasteiger partial charge in [0.25, 0.3) is 0 Å². The van der Waals surface area contributed by atoms with E-state index in [1.54, 1.807) is 10.8 Å². The van der Waals surface area contributed by atoms with Crippen LogP contribution in [0.1, 0.15) is 0 Å². The van der Waals surface area contributed by atoms with Crippen molar-refractivity contribution in [2.24, 2.45) is 0 Å². The van der Waals surface area contributed by atoms with Crippen molar-refractivity contribution >= 4 is 16.7 Å². The minimum atomic E-state index is -0.151. The van der Waals surface area contributed by atoms with Gasteiger partial charge >= 0.3 is 5.69 Å². The molecule has 1 N–H and O–H groups in total. The molecule has 0 aliphatic heterocycles. The molecule has 0 fully saturated rings. The van der Waals surface area contributed by atoms with E-state index in [-0.39, 0.29) is 5.69 Å². The number of nitrogens with one attached hydrogen (secondary N) is 1. The number of benzene rings is 1. The number of rotatable bonds is 1. The standard InChI is InChI=1S/C14H10N4O/c19-14-16-10-4-1-2-5-11(10)18(14)13-7-3-6-12-15-8-9-17(12)13/h1-9H,(H,16,19). The third kappa shape index (κ3) is 1.35. The zero-order valence-corrected chi connectivity index (χ0v) is 9.95. The van der Waals surface area contributed by atoms with E-state index in [1.165, 1.54) is 0 Å². The Bertz CT molecular complexity index is 945. The smallest absolute Gasteiger partial charge is 0.305 e. The second-order valence-corrected chi connectivity index (χ2v) is 4.32. The number of aromatic nitrogens is 4. The summed E-state index contributed by atoms with van der Waals surface area (Å²) in [5, 5.41) is 0. The molecule has 0 aliphatic rings. The van der Waals surface area contributed by atoms with Crippen molar-refractivity contribution in [3.05, 3.63) is 65.3 Å². The van der Waals surface area contributed by atoms with Gasteiger partial charge in [-0.3, -0.25) is 4.40 Å². The van der Waals surface area contributed by atoms with Crippen LogP contribution in [0.5, 0.6) is 0 Å². The van der Waals surface area contributed by atoms with E-state index in [0.717, 1.165) is 22.5 Å². The van der Waals surface area contributed by atoms with Crippen LogP contribution in [-0.4, -0.2) is 18.9 Å². The first-order chi connectivity index (χ1) is 9.34. The molecule has 0 unspecified atom stereocenters. The van der Waals surface area contributed by atoms with Gasteiger partial charge in [-0.05, 0) is 24.3 Å². The first-order valence-corrected chi connectivity index (χ1v) is 5.97. The highest BCUT2D eigenvalue weighted by Gasteiger charge is 2.10. The summed E-state index contributed by atoms with van der Waals surface area (Å²) in [6.45, 7) is 0. The molecule has 19 heavy (non-hydrogen) atoms. The Kier molecular flexibility index (Phi) is 1.91. The van der Waals surface area contributed by atoms with Crippen LogP contribution in [0.25, 0.3) is 22.5 Å². The molecule has 5 heteroatoms. The Morgan fingerprint density at radius 2 is 1.95 bits per heavy atom. The molecule has 0 saturated carbocycles. The molecular formula is C14H10N4O. The zero-order valence-electron chi connectivity index (χ0n) is 9.95. The quantitative estimate of drug-likeness (QED) is 0.561. The van der Waals surface area contributed by atoms with E-state index < -0.39 is 0 Å². The molecule has 0 saturated heterocycles. The van der Waals surface area contributed by atoms with Gasteiger partial charge < -0.3 is 4.98 Å². The lowest BCUT2D eigenvalue weighted by Gasteiger charge is -2.06. The molecule has 0 aliphatic carbocycles. The molecule has 3 aromatic heterocycles. The van der Waals surface area contributed by atoms with Crippen molar-refractivity contribution < 1.29 is 0 Å². The Morgan fingerprint density at radius 3 is 2.89 bits per heavy atom. The lowest BCUT2D eigenvalue weighted by atomic mass is 10.3. The second-order valence-electron chi connectivity index (χ2n) is 4.32. The van der Waals surface area contributed by atoms with Crippen LogP contribution in [0.15, 0.2) is 59.7 Å². The van der Waals surface area contributed by atoms with E-state index in [0.29, 0.717) is 0 Å². The third-order valence-electron chi connectivity index (χ3n) is 3.23. The molecule has 0 spiro atoms. The normalized spacial score (nSPS) is 11.4. The van der Waals surface area contributed by atoms with Crippen molar-refractivity contribution in [1.29, 1.82) is 0 Å². The van der Waals surface area contributed by atoms with E-state index in [4.69, 9.17) is 0 Å². The molecule has 92 valence electrons. The van der Waals surface area contributed by atoms with E-state index in [1.807, 2.05) is 53.1 Å². The number of hydrogen-bond donors (Lipinski definition) is 1. The average molecular weight is 250 g/mol. The highest BCUT2D eigenvalue weighted by molar-refractivity contribution is 5.77. The van der Waals surface area contributed by atoms with E-state index in [2.05, 4.69) is 9.97 Å². The summed E-state index contributed by atoms with van der Waals surface area (Å²) < 4.78 is 3.55. The van der Waals surface area contributed by atoms with Crippen LogP contribution in [0, 0.1) is 0 Å². The van der Waals surface area contributed by atoms with Gasteiger partial charge in [0.05, 0.1) is 11.0 Å². The maximum absolute atomic E-state index is 12.2. The number of para-hydroxylation sites is 2. The number of pyridine rings is 1. The Labute approximate surface area is 107 Å². The summed E-state index contributed by atoms with van der Waals surface area (Å²) in [4.78, 5) is 19.3. The highest BCUT2D eigenvalue weighted by atomic mass is 16.1. The van der Waals surface area contributed by atoms with Gasteiger partial charge in [0.2, 0.25) is 0 Å². The largest absolute Gasteiger partial charge is 0.332 e. The number of aromatic amines is 1. The van der Waals surface area contributed by atoms with Crippen molar-refractivity contribution in [3.63, 3.8) is 0 Å². The molecule has 0 radical (unpaired) electrons. The van der Waals surface area contributed by atoms with Gasteiger partial charge in [-0.15, -0.1) is 0 Å². The summed E-state index contributed by atoms with van der Waals surface area (Å²) in [5.74, 6) is 0.775. The van der Waals surface area contributed by atoms with E-state index in [9.17, 15) is 4.79 Å². The molecule has 0 bridgehead atoms. The molecule has 4 rings (SSSR count). The Balaban J connectivity index is 2.18. The number of imidazole rings is 2. The van der Waals surface area contributed by atoms with Crippen LogP contribution in [0.2, 0.25) is 0 Å². The van der Waals surface area contributed by atoms with Crippen LogP contribution >= 0.6 is 0 Å². The zero-order chi connectivity index (χ0) is 12.8. The molecule has 0 atom stereocenters. The number of hydrogen-bond acceptors (Lipinski definition) is 2. The van der Waals surface area contributed by atoms with Crippen molar-refractivity contribution in [2.75, 3.05) is 0 Å². The topological polar surface area (TPSA) is 55.1 Å². The summed E-state index contributed by atoms with van der Waals surface area (Å²) in [7, 11) is 0. The van der Waals surface area contributed by atoms with Crippen LogP contribution < -0.4 is 5.69 Å². The molecular weight excluding hydrogens is 240 g/mol.